The first-order chi connectivity index (χ1) is 7.75. The summed E-state index contributed by atoms with van der Waals surface area (Å²) in [7, 11) is 2.19. The van der Waals surface area contributed by atoms with Gasteiger partial charge in [-0.2, -0.15) is 0 Å². The van der Waals surface area contributed by atoms with Gasteiger partial charge in [0.25, 0.3) is 0 Å². The maximum Gasteiger partial charge on any atom is 0.120 e. The summed E-state index contributed by atoms with van der Waals surface area (Å²) in [5, 5.41) is 0. The number of hydrogen-bond donors (Lipinski definition) is 0. The first-order valence-corrected chi connectivity index (χ1v) is 6.63. The van der Waals surface area contributed by atoms with E-state index in [-0.39, 0.29) is 0 Å². The van der Waals surface area contributed by atoms with E-state index in [0.29, 0.717) is 0 Å². The summed E-state index contributed by atoms with van der Waals surface area (Å²) in [6, 6.07) is 8.80. The molecule has 0 aromatic heterocycles. The lowest BCUT2D eigenvalue weighted by atomic mass is 9.92. The van der Waals surface area contributed by atoms with Gasteiger partial charge in [0.05, 0.1) is 0 Å². The zero-order chi connectivity index (χ0) is 11.4. The van der Waals surface area contributed by atoms with Crippen molar-refractivity contribution in [3.05, 3.63) is 28.7 Å². The summed E-state index contributed by atoms with van der Waals surface area (Å²) >= 11 is 3.44. The molecule has 1 aromatic rings. The number of ether oxygens (including phenoxy) is 1. The highest BCUT2D eigenvalue weighted by molar-refractivity contribution is 9.10. The van der Waals surface area contributed by atoms with Crippen LogP contribution in [-0.4, -0.2) is 31.1 Å². The number of nitrogens with zero attached hydrogens (tertiary/aromatic N) is 1. The molecule has 0 bridgehead atoms. The second kappa shape index (κ2) is 5.69. The fraction of sp³-hybridized carbons (Fsp3) is 0.538. The minimum absolute atomic E-state index is 0.767. The van der Waals surface area contributed by atoms with Crippen molar-refractivity contribution in [1.29, 1.82) is 0 Å². The third-order valence-corrected chi connectivity index (χ3v) is 3.70. The number of benzene rings is 1. The molecule has 1 aliphatic carbocycles. The van der Waals surface area contributed by atoms with Gasteiger partial charge in [-0.3, -0.25) is 0 Å². The van der Waals surface area contributed by atoms with Gasteiger partial charge in [-0.15, -0.1) is 0 Å². The van der Waals surface area contributed by atoms with Crippen molar-refractivity contribution in [1.82, 2.24) is 4.90 Å². The van der Waals surface area contributed by atoms with Gasteiger partial charge >= 0.3 is 0 Å². The summed E-state index contributed by atoms with van der Waals surface area (Å²) in [6.45, 7) is 1.78. The number of hydrogen-bond acceptors (Lipinski definition) is 2. The normalized spacial score (nSPS) is 16.2. The molecule has 0 spiro atoms. The molecular formula is C13H18BrNO. The van der Waals surface area contributed by atoms with Crippen molar-refractivity contribution in [2.24, 2.45) is 0 Å². The molecule has 1 saturated carbocycles. The van der Waals surface area contributed by atoms with E-state index in [4.69, 9.17) is 4.74 Å². The Bertz CT molecular complexity index is 338. The van der Waals surface area contributed by atoms with Gasteiger partial charge in [0.15, 0.2) is 0 Å². The van der Waals surface area contributed by atoms with E-state index in [9.17, 15) is 0 Å². The van der Waals surface area contributed by atoms with Crippen LogP contribution in [0.3, 0.4) is 0 Å². The van der Waals surface area contributed by atoms with Gasteiger partial charge in [0, 0.05) is 17.1 Å². The molecule has 0 amide bonds. The molecule has 0 radical (unpaired) electrons. The topological polar surface area (TPSA) is 12.5 Å². The van der Waals surface area contributed by atoms with Crippen molar-refractivity contribution < 1.29 is 4.74 Å². The lowest BCUT2D eigenvalue weighted by molar-refractivity contribution is 0.135. The second-order valence-corrected chi connectivity index (χ2v) is 5.29. The van der Waals surface area contributed by atoms with Crippen LogP contribution < -0.4 is 4.74 Å². The van der Waals surface area contributed by atoms with Gasteiger partial charge < -0.3 is 9.64 Å². The van der Waals surface area contributed by atoms with Crippen molar-refractivity contribution in [3.63, 3.8) is 0 Å². The molecule has 0 unspecified atom stereocenters. The van der Waals surface area contributed by atoms with E-state index in [1.807, 2.05) is 24.3 Å². The minimum Gasteiger partial charge on any atom is -0.492 e. The number of halogens is 1. The van der Waals surface area contributed by atoms with E-state index < -0.39 is 0 Å². The summed E-state index contributed by atoms with van der Waals surface area (Å²) in [5.74, 6) is 0.941. The van der Waals surface area contributed by atoms with Crippen LogP contribution in [0.4, 0.5) is 0 Å². The minimum atomic E-state index is 0.767. The summed E-state index contributed by atoms with van der Waals surface area (Å²) in [6.07, 6.45) is 4.10. The van der Waals surface area contributed by atoms with Gasteiger partial charge in [-0.05, 0) is 38.1 Å². The fourth-order valence-electron chi connectivity index (χ4n) is 1.87. The van der Waals surface area contributed by atoms with Crippen LogP contribution in [0.2, 0.25) is 0 Å². The molecule has 88 valence electrons. The zero-order valence-electron chi connectivity index (χ0n) is 9.66. The lowest BCUT2D eigenvalue weighted by Crippen LogP contribution is -2.39. The smallest absolute Gasteiger partial charge is 0.120 e. The molecule has 0 heterocycles. The van der Waals surface area contributed by atoms with Crippen molar-refractivity contribution in [2.75, 3.05) is 20.2 Å². The molecule has 1 fully saturated rings. The van der Waals surface area contributed by atoms with Crippen molar-refractivity contribution in [2.45, 2.75) is 25.3 Å². The Kier molecular flexibility index (Phi) is 4.24. The number of rotatable bonds is 5. The molecule has 16 heavy (non-hydrogen) atoms. The van der Waals surface area contributed by atoms with Gasteiger partial charge in [0.2, 0.25) is 0 Å². The fourth-order valence-corrected chi connectivity index (χ4v) is 2.25. The van der Waals surface area contributed by atoms with Crippen LogP contribution in [0.5, 0.6) is 5.75 Å². The Balaban J connectivity index is 1.71. The van der Waals surface area contributed by atoms with E-state index in [2.05, 4.69) is 27.9 Å². The zero-order valence-corrected chi connectivity index (χ0v) is 11.2. The van der Waals surface area contributed by atoms with E-state index in [0.717, 1.165) is 29.4 Å². The molecule has 2 nitrogen and oxygen atoms in total. The Morgan fingerprint density at radius 2 is 2.25 bits per heavy atom. The first kappa shape index (κ1) is 11.9. The van der Waals surface area contributed by atoms with Crippen LogP contribution in [0.15, 0.2) is 28.7 Å². The Hall–Kier alpha value is -0.540. The second-order valence-electron chi connectivity index (χ2n) is 4.37. The highest BCUT2D eigenvalue weighted by atomic mass is 79.9. The molecule has 0 N–H and O–H groups in total. The van der Waals surface area contributed by atoms with E-state index in [1.54, 1.807) is 0 Å². The van der Waals surface area contributed by atoms with Crippen molar-refractivity contribution in [3.8, 4) is 5.75 Å². The van der Waals surface area contributed by atoms with Gasteiger partial charge in [-0.25, -0.2) is 0 Å². The number of likely N-dealkylation sites (N-methyl/N-ethyl adjacent to an activating group) is 1. The molecule has 3 heteroatoms. The SMILES string of the molecule is CN(CCOc1cccc(Br)c1)C1CCC1. The molecule has 2 rings (SSSR count). The predicted molar refractivity (Wildman–Crippen MR) is 69.9 cm³/mol. The molecule has 0 saturated heterocycles. The summed E-state index contributed by atoms with van der Waals surface area (Å²) in [5.41, 5.74) is 0. The highest BCUT2D eigenvalue weighted by Crippen LogP contribution is 2.23. The van der Waals surface area contributed by atoms with E-state index >= 15 is 0 Å². The molecule has 1 aliphatic rings. The van der Waals surface area contributed by atoms with Crippen molar-refractivity contribution >= 4 is 15.9 Å². The average Bonchev–Trinajstić information content (AvgIpc) is 2.15. The monoisotopic (exact) mass is 283 g/mol. The maximum absolute atomic E-state index is 5.70. The third kappa shape index (κ3) is 3.22. The lowest BCUT2D eigenvalue weighted by Gasteiger charge is -2.34. The molecule has 1 aromatic carbocycles. The first-order valence-electron chi connectivity index (χ1n) is 5.84. The average molecular weight is 284 g/mol. The third-order valence-electron chi connectivity index (χ3n) is 3.21. The summed E-state index contributed by atoms with van der Waals surface area (Å²) < 4.78 is 6.77. The van der Waals surface area contributed by atoms with Crippen LogP contribution in [0, 0.1) is 0 Å². The molecular weight excluding hydrogens is 266 g/mol. The molecule has 0 atom stereocenters. The molecule has 0 aliphatic heterocycles. The van der Waals surface area contributed by atoms with Crippen LogP contribution in [0.25, 0.3) is 0 Å². The largest absolute Gasteiger partial charge is 0.492 e. The van der Waals surface area contributed by atoms with E-state index in [1.165, 1.54) is 19.3 Å². The van der Waals surface area contributed by atoms with Gasteiger partial charge in [-0.1, -0.05) is 28.4 Å². The van der Waals surface area contributed by atoms with Crippen LogP contribution in [0.1, 0.15) is 19.3 Å². The maximum atomic E-state index is 5.70. The Labute approximate surface area is 106 Å². The van der Waals surface area contributed by atoms with Crippen LogP contribution in [-0.2, 0) is 0 Å². The highest BCUT2D eigenvalue weighted by Gasteiger charge is 2.21. The summed E-state index contributed by atoms with van der Waals surface area (Å²) in [4.78, 5) is 2.40. The predicted octanol–water partition coefficient (Wildman–Crippen LogP) is 3.31. The Morgan fingerprint density at radius 1 is 1.44 bits per heavy atom. The quantitative estimate of drug-likeness (QED) is 0.822. The van der Waals surface area contributed by atoms with Gasteiger partial charge in [0.1, 0.15) is 12.4 Å². The van der Waals surface area contributed by atoms with Crippen LogP contribution >= 0.6 is 15.9 Å². The standard InChI is InChI=1S/C13H18BrNO/c1-15(12-5-3-6-12)8-9-16-13-7-2-4-11(14)10-13/h2,4,7,10,12H,3,5-6,8-9H2,1H3. The Morgan fingerprint density at radius 3 is 2.88 bits per heavy atom.